The number of nitrogens with one attached hydrogen (secondary N) is 1. The molecule has 6 heteroatoms. The van der Waals surface area contributed by atoms with Crippen LogP contribution in [0.2, 0.25) is 0 Å². The molecular weight excluding hydrogens is 184 g/mol. The minimum atomic E-state index is -1.10. The summed E-state index contributed by atoms with van der Waals surface area (Å²) in [7, 11) is 3.65. The lowest BCUT2D eigenvalue weighted by molar-refractivity contribution is -0.467. The standard InChI is InChI=1S/C8H18N4O2/c1-12(2)8(10)11-5-3-4-6(9)7(13)14/h6H,3-5,9H2,1-2H3,(H3,10,11,13,14)/p+1/t6-/m0/s1. The van der Waals surface area contributed by atoms with E-state index in [2.05, 4.69) is 11.1 Å². The summed E-state index contributed by atoms with van der Waals surface area (Å²) >= 11 is 0. The molecule has 14 heavy (non-hydrogen) atoms. The van der Waals surface area contributed by atoms with Gasteiger partial charge in [-0.25, -0.2) is 0 Å². The lowest BCUT2D eigenvalue weighted by atomic mass is 10.2. The van der Waals surface area contributed by atoms with Gasteiger partial charge in [0.25, 0.3) is 0 Å². The van der Waals surface area contributed by atoms with E-state index >= 15 is 0 Å². The molecule has 1 atom stereocenters. The Morgan fingerprint density at radius 3 is 2.64 bits per heavy atom. The molecule has 0 aliphatic rings. The summed E-state index contributed by atoms with van der Waals surface area (Å²) in [4.78, 5) is 10.3. The number of aliphatic carboxylic acids is 1. The van der Waals surface area contributed by atoms with Crippen LogP contribution < -0.4 is 21.9 Å². The fourth-order valence-corrected chi connectivity index (χ4v) is 0.841. The van der Waals surface area contributed by atoms with Gasteiger partial charge in [0.15, 0.2) is 0 Å². The zero-order chi connectivity index (χ0) is 11.1. The first-order valence-electron chi connectivity index (χ1n) is 4.52. The van der Waals surface area contributed by atoms with Crippen molar-refractivity contribution in [2.24, 2.45) is 5.73 Å². The van der Waals surface area contributed by atoms with Gasteiger partial charge in [0.1, 0.15) is 6.04 Å². The van der Waals surface area contributed by atoms with Gasteiger partial charge in [-0.3, -0.25) is 15.6 Å². The Bertz CT molecular complexity index is 223. The van der Waals surface area contributed by atoms with E-state index in [1.165, 1.54) is 0 Å². The number of rotatable bonds is 5. The zero-order valence-electron chi connectivity index (χ0n) is 8.75. The summed E-state index contributed by atoms with van der Waals surface area (Å²) in [6, 6.07) is -0.641. The van der Waals surface area contributed by atoms with Crippen molar-refractivity contribution in [3.63, 3.8) is 0 Å². The maximum atomic E-state index is 10.3. The van der Waals surface area contributed by atoms with Crippen LogP contribution in [0.4, 0.5) is 0 Å². The highest BCUT2D eigenvalue weighted by Crippen LogP contribution is 1.89. The van der Waals surface area contributed by atoms with Crippen LogP contribution in [0, 0.1) is 0 Å². The number of carboxylic acids is 1. The first-order chi connectivity index (χ1) is 6.45. The van der Waals surface area contributed by atoms with Crippen molar-refractivity contribution in [2.75, 3.05) is 20.6 Å². The fraction of sp³-hybridized carbons (Fsp3) is 0.750. The number of guanidine groups is 1. The molecule has 0 heterocycles. The molecule has 0 unspecified atom stereocenters. The maximum Gasteiger partial charge on any atom is 0.342 e. The Hall–Kier alpha value is -1.30. The second-order valence-corrected chi connectivity index (χ2v) is 3.36. The van der Waals surface area contributed by atoms with Gasteiger partial charge < -0.3 is 15.6 Å². The van der Waals surface area contributed by atoms with Crippen LogP contribution in [0.1, 0.15) is 12.8 Å². The predicted molar refractivity (Wildman–Crippen MR) is 50.2 cm³/mol. The molecule has 0 saturated heterocycles. The monoisotopic (exact) mass is 203 g/mol. The molecule has 0 aromatic carbocycles. The van der Waals surface area contributed by atoms with E-state index in [1.54, 1.807) is 4.58 Å². The average molecular weight is 203 g/mol. The summed E-state index contributed by atoms with van der Waals surface area (Å²) in [6.45, 7) is 0.642. The predicted octanol–water partition coefficient (Wildman–Crippen LogP) is -3.70. The molecule has 0 rings (SSSR count). The van der Waals surface area contributed by atoms with E-state index < -0.39 is 12.0 Å². The number of carboxylic acid groups (broad SMARTS) is 1. The Kier molecular flexibility index (Phi) is 5.62. The van der Waals surface area contributed by atoms with Gasteiger partial charge in [-0.15, -0.1) is 0 Å². The van der Waals surface area contributed by atoms with E-state index in [4.69, 9.17) is 5.73 Å². The number of hydrogen-bond acceptors (Lipinski definition) is 2. The lowest BCUT2D eigenvalue weighted by Gasteiger charge is -2.08. The molecule has 0 aliphatic carbocycles. The van der Waals surface area contributed by atoms with E-state index in [1.807, 2.05) is 14.1 Å². The van der Waals surface area contributed by atoms with Crippen LogP contribution in [0.25, 0.3) is 0 Å². The Labute approximate surface area is 83.6 Å². The van der Waals surface area contributed by atoms with Crippen molar-refractivity contribution in [1.82, 2.24) is 5.32 Å². The van der Waals surface area contributed by atoms with Gasteiger partial charge in [-0.05, 0) is 6.42 Å². The van der Waals surface area contributed by atoms with Crippen molar-refractivity contribution in [2.45, 2.75) is 18.9 Å². The third kappa shape index (κ3) is 5.36. The van der Waals surface area contributed by atoms with Crippen LogP contribution in [-0.2, 0) is 4.79 Å². The van der Waals surface area contributed by atoms with Crippen molar-refractivity contribution in [3.05, 3.63) is 0 Å². The summed E-state index contributed by atoms with van der Waals surface area (Å²) in [5, 5.41) is 13.3. The molecule has 82 valence electrons. The number of carbonyl (C=O) groups is 1. The smallest absolute Gasteiger partial charge is 0.342 e. The Balaban J connectivity index is 3.57. The Morgan fingerprint density at radius 1 is 1.64 bits per heavy atom. The third-order valence-electron chi connectivity index (χ3n) is 1.85. The molecule has 0 aromatic rings. The van der Waals surface area contributed by atoms with Gasteiger partial charge in [0.05, 0.1) is 26.6 Å². The van der Waals surface area contributed by atoms with E-state index in [9.17, 15) is 9.90 Å². The maximum absolute atomic E-state index is 10.3. The fourth-order valence-electron chi connectivity index (χ4n) is 0.841. The second-order valence-electron chi connectivity index (χ2n) is 3.36. The van der Waals surface area contributed by atoms with Crippen molar-refractivity contribution in [3.8, 4) is 0 Å². The van der Waals surface area contributed by atoms with Crippen LogP contribution in [0.15, 0.2) is 0 Å². The van der Waals surface area contributed by atoms with Gasteiger partial charge >= 0.3 is 5.96 Å². The minimum Gasteiger partial charge on any atom is -0.544 e. The number of hydrogen-bond donors (Lipinski definition) is 3. The molecule has 0 bridgehead atoms. The van der Waals surface area contributed by atoms with Crippen molar-refractivity contribution < 1.29 is 20.2 Å². The van der Waals surface area contributed by atoms with Gasteiger partial charge in [0, 0.05) is 6.42 Å². The van der Waals surface area contributed by atoms with Gasteiger partial charge in [-0.1, -0.05) is 0 Å². The molecule has 0 fully saturated rings. The molecule has 6 N–H and O–H groups in total. The molecular formula is C8H19N4O2+. The number of quaternary nitrogens is 1. The molecule has 0 amide bonds. The van der Waals surface area contributed by atoms with E-state index in [-0.39, 0.29) is 0 Å². The van der Waals surface area contributed by atoms with Crippen LogP contribution in [0.3, 0.4) is 0 Å². The number of nitrogens with two attached hydrogens (primary N) is 1. The molecule has 6 nitrogen and oxygen atoms in total. The first-order valence-corrected chi connectivity index (χ1v) is 4.52. The largest absolute Gasteiger partial charge is 0.544 e. The quantitative estimate of drug-likeness (QED) is 0.185. The first kappa shape index (κ1) is 12.7. The molecule has 0 aliphatic heterocycles. The lowest BCUT2D eigenvalue weighted by Crippen LogP contribution is -2.68. The SMILES string of the molecule is C[N+](C)=C(N)NCCC[C@H]([NH3+])C(=O)[O-]. The Morgan fingerprint density at radius 2 is 2.21 bits per heavy atom. The minimum absolute atomic E-state index is 0.496. The highest BCUT2D eigenvalue weighted by Gasteiger charge is 2.07. The second kappa shape index (κ2) is 6.20. The summed E-state index contributed by atoms with van der Waals surface area (Å²) in [5.41, 5.74) is 9.03. The summed E-state index contributed by atoms with van der Waals surface area (Å²) in [5.74, 6) is -0.534. The van der Waals surface area contributed by atoms with Crippen molar-refractivity contribution in [1.29, 1.82) is 0 Å². The van der Waals surface area contributed by atoms with Crippen LogP contribution in [-0.4, -0.2) is 43.2 Å². The van der Waals surface area contributed by atoms with Crippen LogP contribution >= 0.6 is 0 Å². The molecule has 0 aromatic heterocycles. The normalized spacial score (nSPS) is 11.9. The highest BCUT2D eigenvalue weighted by molar-refractivity contribution is 5.72. The van der Waals surface area contributed by atoms with E-state index in [0.29, 0.717) is 25.3 Å². The summed E-state index contributed by atoms with van der Waals surface area (Å²) < 4.78 is 1.75. The van der Waals surface area contributed by atoms with Gasteiger partial charge in [0.2, 0.25) is 0 Å². The average Bonchev–Trinajstić information content (AvgIpc) is 2.11. The highest BCUT2D eigenvalue weighted by atomic mass is 16.4. The topological polar surface area (TPSA) is 109 Å². The number of carbonyl (C=O) groups excluding carboxylic acids is 1. The van der Waals surface area contributed by atoms with Crippen molar-refractivity contribution >= 4 is 11.9 Å². The molecule has 0 saturated carbocycles. The van der Waals surface area contributed by atoms with E-state index in [0.717, 1.165) is 0 Å². The number of nitrogens with zero attached hydrogens (tertiary/aromatic N) is 1. The third-order valence-corrected chi connectivity index (χ3v) is 1.85. The zero-order valence-corrected chi connectivity index (χ0v) is 8.75. The van der Waals surface area contributed by atoms with Crippen LogP contribution in [0.5, 0.6) is 0 Å². The van der Waals surface area contributed by atoms with Gasteiger partial charge in [-0.2, -0.15) is 0 Å². The molecule has 0 spiro atoms. The summed E-state index contributed by atoms with van der Waals surface area (Å²) in [6.07, 6.45) is 1.20. The molecule has 0 radical (unpaired) electrons.